The quantitative estimate of drug-likeness (QED) is 0.833. The number of amides is 1. The zero-order chi connectivity index (χ0) is 19.6. The fraction of sp³-hybridized carbons (Fsp3) is 0.316. The van der Waals surface area contributed by atoms with Crippen LogP contribution in [0.25, 0.3) is 0 Å². The average molecular weight is 376 g/mol. The number of hydrogen-bond donors (Lipinski definition) is 2. The standard InChI is InChI=1S/C19H24N2O4S/c1-11-9-12(2)14(4)19(13(11)3)26(23,24)21-18-10-16(25-6)7-8-17(18)20-15(5)22/h7-10,21H,1-6H3,(H,20,22). The Hall–Kier alpha value is -2.54. The first-order chi connectivity index (χ1) is 12.1. The number of benzene rings is 2. The van der Waals surface area contributed by atoms with E-state index in [1.807, 2.05) is 19.9 Å². The summed E-state index contributed by atoms with van der Waals surface area (Å²) in [5.41, 5.74) is 3.82. The second-order valence-corrected chi connectivity index (χ2v) is 7.91. The van der Waals surface area contributed by atoms with Gasteiger partial charge in [-0.15, -0.1) is 0 Å². The Morgan fingerprint density at radius 3 is 2.04 bits per heavy atom. The normalized spacial score (nSPS) is 11.2. The highest BCUT2D eigenvalue weighted by Gasteiger charge is 2.23. The Balaban J connectivity index is 2.59. The highest BCUT2D eigenvalue weighted by Crippen LogP contribution is 2.32. The Bertz CT molecular complexity index is 940. The first-order valence-electron chi connectivity index (χ1n) is 8.12. The topological polar surface area (TPSA) is 84.5 Å². The molecule has 0 radical (unpaired) electrons. The highest BCUT2D eigenvalue weighted by molar-refractivity contribution is 7.92. The van der Waals surface area contributed by atoms with Gasteiger partial charge in [0.05, 0.1) is 23.4 Å². The fourth-order valence-corrected chi connectivity index (χ4v) is 4.50. The SMILES string of the molecule is COc1ccc(NC(C)=O)c(NS(=O)(=O)c2c(C)c(C)cc(C)c2C)c1. The zero-order valence-electron chi connectivity index (χ0n) is 15.9. The molecule has 0 saturated carbocycles. The van der Waals surface area contributed by atoms with Crippen LogP contribution in [0.5, 0.6) is 5.75 Å². The number of sulfonamides is 1. The lowest BCUT2D eigenvalue weighted by molar-refractivity contribution is -0.114. The monoisotopic (exact) mass is 376 g/mol. The van der Waals surface area contributed by atoms with Crippen LogP contribution in [0.1, 0.15) is 29.2 Å². The lowest BCUT2D eigenvalue weighted by atomic mass is 10.0. The molecule has 0 fully saturated rings. The Morgan fingerprint density at radius 2 is 1.54 bits per heavy atom. The van der Waals surface area contributed by atoms with Gasteiger partial charge in [0.2, 0.25) is 5.91 Å². The van der Waals surface area contributed by atoms with Gasteiger partial charge in [0, 0.05) is 13.0 Å². The molecule has 2 aromatic rings. The second-order valence-electron chi connectivity index (χ2n) is 6.29. The van der Waals surface area contributed by atoms with Gasteiger partial charge in [-0.25, -0.2) is 8.42 Å². The lowest BCUT2D eigenvalue weighted by Crippen LogP contribution is -2.18. The van der Waals surface area contributed by atoms with Crippen LogP contribution < -0.4 is 14.8 Å². The molecule has 2 N–H and O–H groups in total. The molecule has 0 unspecified atom stereocenters. The molecule has 140 valence electrons. The van der Waals surface area contributed by atoms with Gasteiger partial charge >= 0.3 is 0 Å². The average Bonchev–Trinajstić information content (AvgIpc) is 2.54. The summed E-state index contributed by atoms with van der Waals surface area (Å²) in [5.74, 6) is 0.181. The van der Waals surface area contributed by atoms with E-state index in [4.69, 9.17) is 4.74 Å². The summed E-state index contributed by atoms with van der Waals surface area (Å²) >= 11 is 0. The summed E-state index contributed by atoms with van der Waals surface area (Å²) in [6.07, 6.45) is 0. The van der Waals surface area contributed by atoms with E-state index in [2.05, 4.69) is 10.0 Å². The van der Waals surface area contributed by atoms with Gasteiger partial charge < -0.3 is 10.1 Å². The Labute approximate surface area is 154 Å². The number of carbonyl (C=O) groups is 1. The van der Waals surface area contributed by atoms with E-state index in [-0.39, 0.29) is 16.5 Å². The molecule has 0 bridgehead atoms. The minimum atomic E-state index is -3.86. The largest absolute Gasteiger partial charge is 0.497 e. The first-order valence-corrected chi connectivity index (χ1v) is 9.61. The van der Waals surface area contributed by atoms with Gasteiger partial charge in [-0.3, -0.25) is 9.52 Å². The van der Waals surface area contributed by atoms with Crippen molar-refractivity contribution in [2.45, 2.75) is 39.5 Å². The van der Waals surface area contributed by atoms with E-state index >= 15 is 0 Å². The van der Waals surface area contributed by atoms with Gasteiger partial charge in [0.25, 0.3) is 10.0 Å². The highest BCUT2D eigenvalue weighted by atomic mass is 32.2. The third-order valence-electron chi connectivity index (χ3n) is 4.35. The van der Waals surface area contributed by atoms with Crippen molar-refractivity contribution in [2.24, 2.45) is 0 Å². The van der Waals surface area contributed by atoms with Crippen LogP contribution in [0.4, 0.5) is 11.4 Å². The van der Waals surface area contributed by atoms with Crippen LogP contribution in [-0.4, -0.2) is 21.4 Å². The van der Waals surface area contributed by atoms with Gasteiger partial charge in [0.15, 0.2) is 0 Å². The third-order valence-corrected chi connectivity index (χ3v) is 5.99. The van der Waals surface area contributed by atoms with Crippen LogP contribution >= 0.6 is 0 Å². The molecule has 0 aromatic heterocycles. The van der Waals surface area contributed by atoms with E-state index in [1.54, 1.807) is 26.0 Å². The molecule has 0 saturated heterocycles. The molecule has 2 aromatic carbocycles. The maximum Gasteiger partial charge on any atom is 0.262 e. The van der Waals surface area contributed by atoms with Crippen molar-refractivity contribution in [3.63, 3.8) is 0 Å². The second kappa shape index (κ2) is 7.37. The Kier molecular flexibility index (Phi) is 5.61. The number of methoxy groups -OCH3 is 1. The number of ether oxygens (including phenoxy) is 1. The molecular weight excluding hydrogens is 352 g/mol. The van der Waals surface area contributed by atoms with Crippen molar-refractivity contribution in [3.8, 4) is 5.75 Å². The van der Waals surface area contributed by atoms with Crippen molar-refractivity contribution in [1.29, 1.82) is 0 Å². The molecule has 0 heterocycles. The molecule has 0 aliphatic rings. The van der Waals surface area contributed by atoms with E-state index < -0.39 is 10.0 Å². The number of nitrogens with one attached hydrogen (secondary N) is 2. The lowest BCUT2D eigenvalue weighted by Gasteiger charge is -2.18. The summed E-state index contributed by atoms with van der Waals surface area (Å²) in [6.45, 7) is 8.71. The van der Waals surface area contributed by atoms with Gasteiger partial charge in [-0.2, -0.15) is 0 Å². The summed E-state index contributed by atoms with van der Waals surface area (Å²) in [4.78, 5) is 11.7. The predicted molar refractivity (Wildman–Crippen MR) is 103 cm³/mol. The number of rotatable bonds is 5. The fourth-order valence-electron chi connectivity index (χ4n) is 2.81. The van der Waals surface area contributed by atoms with Gasteiger partial charge in [-0.05, 0) is 62.1 Å². The summed E-state index contributed by atoms with van der Waals surface area (Å²) in [5, 5.41) is 2.63. The first kappa shape index (κ1) is 19.8. The summed E-state index contributed by atoms with van der Waals surface area (Å²) in [7, 11) is -2.37. The van der Waals surface area contributed by atoms with Gasteiger partial charge in [0.1, 0.15) is 5.75 Å². The van der Waals surface area contributed by atoms with E-state index in [0.717, 1.165) is 11.1 Å². The molecule has 26 heavy (non-hydrogen) atoms. The predicted octanol–water partition coefficient (Wildman–Crippen LogP) is 3.69. The van der Waals surface area contributed by atoms with E-state index in [0.29, 0.717) is 22.6 Å². The molecule has 0 atom stereocenters. The van der Waals surface area contributed by atoms with E-state index in [9.17, 15) is 13.2 Å². The van der Waals surface area contributed by atoms with Crippen molar-refractivity contribution in [3.05, 3.63) is 46.5 Å². The van der Waals surface area contributed by atoms with Gasteiger partial charge in [-0.1, -0.05) is 6.07 Å². The molecule has 0 aliphatic carbocycles. The molecule has 0 aliphatic heterocycles. The van der Waals surface area contributed by atoms with Crippen LogP contribution in [-0.2, 0) is 14.8 Å². The maximum atomic E-state index is 13.1. The minimum Gasteiger partial charge on any atom is -0.497 e. The molecule has 1 amide bonds. The van der Waals surface area contributed by atoms with E-state index in [1.165, 1.54) is 20.1 Å². The van der Waals surface area contributed by atoms with Crippen LogP contribution in [0.3, 0.4) is 0 Å². The van der Waals surface area contributed by atoms with Crippen LogP contribution in [0, 0.1) is 27.7 Å². The van der Waals surface area contributed by atoms with Crippen molar-refractivity contribution >= 4 is 27.3 Å². The molecule has 7 heteroatoms. The van der Waals surface area contributed by atoms with Crippen LogP contribution in [0.15, 0.2) is 29.2 Å². The number of hydrogen-bond acceptors (Lipinski definition) is 4. The van der Waals surface area contributed by atoms with Crippen molar-refractivity contribution in [1.82, 2.24) is 0 Å². The number of carbonyl (C=O) groups excluding carboxylic acids is 1. The number of anilines is 2. The molecule has 2 rings (SSSR count). The molecule has 6 nitrogen and oxygen atoms in total. The maximum absolute atomic E-state index is 13.1. The summed E-state index contributed by atoms with van der Waals surface area (Å²) in [6, 6.07) is 6.75. The van der Waals surface area contributed by atoms with Crippen molar-refractivity contribution in [2.75, 3.05) is 17.1 Å². The third kappa shape index (κ3) is 3.99. The number of aryl methyl sites for hydroxylation is 2. The zero-order valence-corrected chi connectivity index (χ0v) is 16.7. The summed E-state index contributed by atoms with van der Waals surface area (Å²) < 4.78 is 34.0. The smallest absolute Gasteiger partial charge is 0.262 e. The minimum absolute atomic E-state index is 0.248. The molecular formula is C19H24N2O4S. The molecule has 0 spiro atoms. The van der Waals surface area contributed by atoms with Crippen molar-refractivity contribution < 1.29 is 17.9 Å². The Morgan fingerprint density at radius 1 is 0.962 bits per heavy atom. The van der Waals surface area contributed by atoms with Crippen LogP contribution in [0.2, 0.25) is 0 Å².